The van der Waals surface area contributed by atoms with Crippen molar-refractivity contribution in [1.29, 1.82) is 0 Å². The van der Waals surface area contributed by atoms with Gasteiger partial charge in [-0.3, -0.25) is 9.59 Å². The minimum atomic E-state index is -0.544. The first-order valence-corrected chi connectivity index (χ1v) is 8.79. The van der Waals surface area contributed by atoms with Crippen molar-refractivity contribution >= 4 is 49.9 Å². The summed E-state index contributed by atoms with van der Waals surface area (Å²) in [7, 11) is 0. The number of carbonyl (C=O) groups is 2. The topological polar surface area (TPSA) is 49.4 Å². The standard InChI is InChI=1S/C20H15BrN2O2/c21-15-6-9-17(10-7-15)23-19(24)12-18(20(23)25)22-16-8-5-13-3-1-2-4-14(13)11-16/h1-11,18,22H,12H2/t18-/m1/s1. The lowest BCUT2D eigenvalue weighted by molar-refractivity contribution is -0.121. The third-order valence-corrected chi connectivity index (χ3v) is 4.85. The van der Waals surface area contributed by atoms with Crippen LogP contribution in [0.4, 0.5) is 11.4 Å². The highest BCUT2D eigenvalue weighted by Gasteiger charge is 2.39. The molecular weight excluding hydrogens is 380 g/mol. The highest BCUT2D eigenvalue weighted by molar-refractivity contribution is 9.10. The van der Waals surface area contributed by atoms with E-state index in [0.717, 1.165) is 20.9 Å². The van der Waals surface area contributed by atoms with Crippen molar-refractivity contribution in [2.24, 2.45) is 0 Å². The van der Waals surface area contributed by atoms with Gasteiger partial charge in [-0.1, -0.05) is 46.3 Å². The molecule has 0 spiro atoms. The van der Waals surface area contributed by atoms with Crippen LogP contribution in [0.3, 0.4) is 0 Å². The van der Waals surface area contributed by atoms with Crippen molar-refractivity contribution in [3.8, 4) is 0 Å². The van der Waals surface area contributed by atoms with Crippen LogP contribution in [-0.4, -0.2) is 17.9 Å². The SMILES string of the molecule is O=C1C[C@@H](Nc2ccc3ccccc3c2)C(=O)N1c1ccc(Br)cc1. The van der Waals surface area contributed by atoms with Crippen LogP contribution < -0.4 is 10.2 Å². The molecule has 25 heavy (non-hydrogen) atoms. The van der Waals surface area contributed by atoms with Gasteiger partial charge in [0.1, 0.15) is 6.04 Å². The Balaban J connectivity index is 1.57. The van der Waals surface area contributed by atoms with Crippen molar-refractivity contribution in [3.05, 3.63) is 71.2 Å². The highest BCUT2D eigenvalue weighted by atomic mass is 79.9. The molecular formula is C20H15BrN2O2. The summed E-state index contributed by atoms with van der Waals surface area (Å²) in [6.07, 6.45) is 0.154. The number of nitrogens with zero attached hydrogens (tertiary/aromatic N) is 1. The van der Waals surface area contributed by atoms with Crippen molar-refractivity contribution in [2.45, 2.75) is 12.5 Å². The van der Waals surface area contributed by atoms with Crippen LogP contribution in [0.5, 0.6) is 0 Å². The van der Waals surface area contributed by atoms with Gasteiger partial charge in [0, 0.05) is 10.2 Å². The molecule has 1 aliphatic heterocycles. The summed E-state index contributed by atoms with van der Waals surface area (Å²) in [6, 6.07) is 20.6. The zero-order valence-electron chi connectivity index (χ0n) is 13.3. The van der Waals surface area contributed by atoms with Crippen LogP contribution in [-0.2, 0) is 9.59 Å². The average molecular weight is 395 g/mol. The maximum absolute atomic E-state index is 12.7. The number of benzene rings is 3. The zero-order chi connectivity index (χ0) is 17.4. The van der Waals surface area contributed by atoms with E-state index in [0.29, 0.717) is 5.69 Å². The number of carbonyl (C=O) groups excluding carboxylic acids is 2. The number of amides is 2. The average Bonchev–Trinajstić information content (AvgIpc) is 2.89. The molecule has 1 aliphatic rings. The number of rotatable bonds is 3. The number of imide groups is 1. The largest absolute Gasteiger partial charge is 0.373 e. The van der Waals surface area contributed by atoms with Gasteiger partial charge in [0.15, 0.2) is 0 Å². The van der Waals surface area contributed by atoms with Crippen molar-refractivity contribution in [1.82, 2.24) is 0 Å². The maximum atomic E-state index is 12.7. The lowest BCUT2D eigenvalue weighted by atomic mass is 10.1. The molecule has 1 atom stereocenters. The summed E-state index contributed by atoms with van der Waals surface area (Å²) in [5, 5.41) is 5.43. The first-order valence-electron chi connectivity index (χ1n) is 7.99. The Hall–Kier alpha value is -2.66. The molecule has 1 saturated heterocycles. The quantitative estimate of drug-likeness (QED) is 0.671. The molecule has 0 saturated carbocycles. The second-order valence-electron chi connectivity index (χ2n) is 6.01. The first-order chi connectivity index (χ1) is 12.1. The number of hydrogen-bond acceptors (Lipinski definition) is 3. The third kappa shape index (κ3) is 3.03. The first kappa shape index (κ1) is 15.8. The zero-order valence-corrected chi connectivity index (χ0v) is 14.9. The van der Waals surface area contributed by atoms with E-state index >= 15 is 0 Å². The lowest BCUT2D eigenvalue weighted by Crippen LogP contribution is -2.34. The van der Waals surface area contributed by atoms with E-state index in [9.17, 15) is 9.59 Å². The lowest BCUT2D eigenvalue weighted by Gasteiger charge is -2.16. The molecule has 0 aromatic heterocycles. The minimum Gasteiger partial charge on any atom is -0.373 e. The predicted molar refractivity (Wildman–Crippen MR) is 103 cm³/mol. The molecule has 1 heterocycles. The van der Waals surface area contributed by atoms with Gasteiger partial charge in [0.05, 0.1) is 12.1 Å². The summed E-state index contributed by atoms with van der Waals surface area (Å²) in [5.41, 5.74) is 1.43. The summed E-state index contributed by atoms with van der Waals surface area (Å²) in [5.74, 6) is -0.411. The van der Waals surface area contributed by atoms with Crippen molar-refractivity contribution < 1.29 is 9.59 Å². The molecule has 0 radical (unpaired) electrons. The Morgan fingerprint density at radius 3 is 2.40 bits per heavy atom. The molecule has 3 aromatic carbocycles. The van der Waals surface area contributed by atoms with E-state index in [1.165, 1.54) is 4.90 Å². The fourth-order valence-electron chi connectivity index (χ4n) is 3.09. The number of nitrogens with one attached hydrogen (secondary N) is 1. The molecule has 124 valence electrons. The number of hydrogen-bond donors (Lipinski definition) is 1. The molecule has 0 aliphatic carbocycles. The van der Waals surface area contributed by atoms with Crippen LogP contribution in [0, 0.1) is 0 Å². The van der Waals surface area contributed by atoms with E-state index in [4.69, 9.17) is 0 Å². The normalized spacial score (nSPS) is 17.3. The number of fused-ring (bicyclic) bond motifs is 1. The summed E-state index contributed by atoms with van der Waals surface area (Å²) >= 11 is 3.36. The maximum Gasteiger partial charge on any atom is 0.256 e. The van der Waals surface area contributed by atoms with Crippen LogP contribution >= 0.6 is 15.9 Å². The van der Waals surface area contributed by atoms with Crippen LogP contribution in [0.1, 0.15) is 6.42 Å². The summed E-state index contributed by atoms with van der Waals surface area (Å²) in [6.45, 7) is 0. The van der Waals surface area contributed by atoms with Gasteiger partial charge < -0.3 is 5.32 Å². The van der Waals surface area contributed by atoms with E-state index in [1.807, 2.05) is 54.6 Å². The summed E-state index contributed by atoms with van der Waals surface area (Å²) in [4.78, 5) is 26.3. The van der Waals surface area contributed by atoms with Crippen LogP contribution in [0.2, 0.25) is 0 Å². The van der Waals surface area contributed by atoms with Gasteiger partial charge in [0.25, 0.3) is 5.91 Å². The minimum absolute atomic E-state index is 0.154. The molecule has 0 unspecified atom stereocenters. The van der Waals surface area contributed by atoms with Gasteiger partial charge in [-0.15, -0.1) is 0 Å². The molecule has 3 aromatic rings. The van der Waals surface area contributed by atoms with Gasteiger partial charge in [0.2, 0.25) is 5.91 Å². The molecule has 0 bridgehead atoms. The fraction of sp³-hybridized carbons (Fsp3) is 0.100. The molecule has 2 amide bonds. The Bertz CT molecular complexity index is 969. The van der Waals surface area contributed by atoms with Crippen molar-refractivity contribution in [2.75, 3.05) is 10.2 Å². The van der Waals surface area contributed by atoms with Gasteiger partial charge in [-0.2, -0.15) is 0 Å². The van der Waals surface area contributed by atoms with Crippen molar-refractivity contribution in [3.63, 3.8) is 0 Å². The molecule has 1 N–H and O–H groups in total. The van der Waals surface area contributed by atoms with E-state index in [1.54, 1.807) is 12.1 Å². The van der Waals surface area contributed by atoms with Gasteiger partial charge >= 0.3 is 0 Å². The summed E-state index contributed by atoms with van der Waals surface area (Å²) < 4.78 is 0.904. The predicted octanol–water partition coefficient (Wildman–Crippen LogP) is 4.35. The Kier molecular flexibility index (Phi) is 4.01. The Morgan fingerprint density at radius 1 is 0.920 bits per heavy atom. The van der Waals surface area contributed by atoms with Gasteiger partial charge in [-0.25, -0.2) is 4.90 Å². The molecule has 4 rings (SSSR count). The number of halogens is 1. The Labute approximate surface area is 153 Å². The van der Waals surface area contributed by atoms with Crippen LogP contribution in [0.15, 0.2) is 71.2 Å². The second-order valence-corrected chi connectivity index (χ2v) is 6.92. The monoisotopic (exact) mass is 394 g/mol. The van der Waals surface area contributed by atoms with E-state index < -0.39 is 6.04 Å². The molecule has 5 heteroatoms. The molecule has 4 nitrogen and oxygen atoms in total. The fourth-order valence-corrected chi connectivity index (χ4v) is 3.35. The van der Waals surface area contributed by atoms with E-state index in [2.05, 4.69) is 21.2 Å². The van der Waals surface area contributed by atoms with E-state index in [-0.39, 0.29) is 18.2 Å². The molecule has 1 fully saturated rings. The smallest absolute Gasteiger partial charge is 0.256 e. The van der Waals surface area contributed by atoms with Gasteiger partial charge in [-0.05, 0) is 47.2 Å². The highest BCUT2D eigenvalue weighted by Crippen LogP contribution is 2.27. The number of anilines is 2. The van der Waals surface area contributed by atoms with Crippen LogP contribution in [0.25, 0.3) is 10.8 Å². The second kappa shape index (κ2) is 6.33. The third-order valence-electron chi connectivity index (χ3n) is 4.32. The Morgan fingerprint density at radius 2 is 1.64 bits per heavy atom.